The van der Waals surface area contributed by atoms with Crippen molar-refractivity contribution in [1.29, 1.82) is 0 Å². The first-order valence-electron chi connectivity index (χ1n) is 7.60. The van der Waals surface area contributed by atoms with Crippen molar-refractivity contribution in [2.75, 3.05) is 26.9 Å². The molecule has 5 heteroatoms. The summed E-state index contributed by atoms with van der Waals surface area (Å²) in [7, 11) is 2.16. The second kappa shape index (κ2) is 7.52. The number of hydrogen-bond acceptors (Lipinski definition) is 5. The monoisotopic (exact) mass is 294 g/mol. The van der Waals surface area contributed by atoms with E-state index in [4.69, 9.17) is 9.47 Å². The number of aromatic hydroxyl groups is 1. The fourth-order valence-corrected chi connectivity index (χ4v) is 2.21. The van der Waals surface area contributed by atoms with Gasteiger partial charge in [0, 0.05) is 24.2 Å². The molecule has 0 saturated heterocycles. The van der Waals surface area contributed by atoms with Gasteiger partial charge in [-0.05, 0) is 52.9 Å². The van der Waals surface area contributed by atoms with Gasteiger partial charge in [0.05, 0.1) is 0 Å². The van der Waals surface area contributed by atoms with E-state index in [1.54, 1.807) is 6.07 Å². The quantitative estimate of drug-likeness (QED) is 0.721. The van der Waals surface area contributed by atoms with Crippen LogP contribution in [0.2, 0.25) is 0 Å². The predicted molar refractivity (Wildman–Crippen MR) is 82.9 cm³/mol. The summed E-state index contributed by atoms with van der Waals surface area (Å²) in [5.74, 6) is 1.59. The number of phenols is 1. The topological polar surface area (TPSA) is 54.0 Å². The molecule has 1 aliphatic rings. The summed E-state index contributed by atoms with van der Waals surface area (Å²) in [6, 6.07) is 4.07. The number of nitrogens with one attached hydrogen (secondary N) is 1. The summed E-state index contributed by atoms with van der Waals surface area (Å²) in [6.07, 6.45) is 2.30. The predicted octanol–water partition coefficient (Wildman–Crippen LogP) is 2.33. The smallest absolute Gasteiger partial charge is 0.231 e. The minimum Gasteiger partial charge on any atom is -0.507 e. The van der Waals surface area contributed by atoms with Crippen molar-refractivity contribution in [3.05, 3.63) is 17.7 Å². The Labute approximate surface area is 126 Å². The van der Waals surface area contributed by atoms with Gasteiger partial charge >= 0.3 is 0 Å². The first kappa shape index (κ1) is 15.9. The Balaban J connectivity index is 1.67. The number of fused-ring (bicyclic) bond motifs is 1. The Bertz CT molecular complexity index is 463. The summed E-state index contributed by atoms with van der Waals surface area (Å²) in [5.41, 5.74) is 0.846. The van der Waals surface area contributed by atoms with Crippen molar-refractivity contribution in [3.8, 4) is 17.2 Å². The fourth-order valence-electron chi connectivity index (χ4n) is 2.21. The molecule has 0 aromatic heterocycles. The molecule has 1 aliphatic heterocycles. The molecule has 0 fully saturated rings. The van der Waals surface area contributed by atoms with Crippen LogP contribution in [0.15, 0.2) is 12.1 Å². The normalized spacial score (nSPS) is 13.4. The van der Waals surface area contributed by atoms with Crippen molar-refractivity contribution in [1.82, 2.24) is 10.2 Å². The lowest BCUT2D eigenvalue weighted by molar-refractivity contribution is 0.174. The van der Waals surface area contributed by atoms with E-state index >= 15 is 0 Å². The van der Waals surface area contributed by atoms with Crippen LogP contribution in [-0.4, -0.2) is 43.0 Å². The van der Waals surface area contributed by atoms with Crippen molar-refractivity contribution >= 4 is 0 Å². The van der Waals surface area contributed by atoms with Gasteiger partial charge in [0.2, 0.25) is 6.79 Å². The SMILES string of the molecule is CC(C)N(C)CCCCNCc1cc2c(cc1O)OCO2. The average molecular weight is 294 g/mol. The van der Waals surface area contributed by atoms with Gasteiger partial charge in [-0.2, -0.15) is 0 Å². The van der Waals surface area contributed by atoms with Gasteiger partial charge in [0.25, 0.3) is 0 Å². The number of hydrogen-bond donors (Lipinski definition) is 2. The Hall–Kier alpha value is -1.46. The van der Waals surface area contributed by atoms with E-state index < -0.39 is 0 Å². The van der Waals surface area contributed by atoms with E-state index in [0.717, 1.165) is 25.1 Å². The van der Waals surface area contributed by atoms with Crippen LogP contribution in [0.5, 0.6) is 17.2 Å². The van der Waals surface area contributed by atoms with E-state index in [-0.39, 0.29) is 12.5 Å². The molecule has 1 heterocycles. The minimum absolute atomic E-state index is 0.231. The maximum absolute atomic E-state index is 9.93. The highest BCUT2D eigenvalue weighted by molar-refractivity contribution is 5.51. The third-order valence-corrected chi connectivity index (χ3v) is 3.89. The molecule has 1 aromatic rings. The Morgan fingerprint density at radius 3 is 2.67 bits per heavy atom. The lowest BCUT2D eigenvalue weighted by atomic mass is 10.1. The standard InChI is InChI=1S/C16H26N2O3/c1-12(2)18(3)7-5-4-6-17-10-13-8-15-16(9-14(13)19)21-11-20-15/h8-9,12,17,19H,4-7,10-11H2,1-3H3. The lowest BCUT2D eigenvalue weighted by Crippen LogP contribution is -2.27. The van der Waals surface area contributed by atoms with Crippen molar-refractivity contribution in [2.45, 2.75) is 39.3 Å². The third kappa shape index (κ3) is 4.51. The third-order valence-electron chi connectivity index (χ3n) is 3.89. The molecule has 5 nitrogen and oxygen atoms in total. The maximum Gasteiger partial charge on any atom is 0.231 e. The molecule has 0 unspecified atom stereocenters. The molecule has 0 radical (unpaired) electrons. The van der Waals surface area contributed by atoms with Gasteiger partial charge in [-0.1, -0.05) is 0 Å². The molecule has 0 spiro atoms. The zero-order valence-corrected chi connectivity index (χ0v) is 13.2. The van der Waals surface area contributed by atoms with E-state index in [9.17, 15) is 5.11 Å². The first-order valence-corrected chi connectivity index (χ1v) is 7.60. The van der Waals surface area contributed by atoms with Crippen LogP contribution in [-0.2, 0) is 6.54 Å². The molecule has 0 amide bonds. The second-order valence-corrected chi connectivity index (χ2v) is 5.79. The van der Waals surface area contributed by atoms with Crippen LogP contribution >= 0.6 is 0 Å². The molecule has 118 valence electrons. The molecular weight excluding hydrogens is 268 g/mol. The van der Waals surface area contributed by atoms with Crippen molar-refractivity contribution in [2.24, 2.45) is 0 Å². The van der Waals surface area contributed by atoms with Crippen LogP contribution < -0.4 is 14.8 Å². The summed E-state index contributed by atoms with van der Waals surface area (Å²) in [5, 5.41) is 13.3. The summed E-state index contributed by atoms with van der Waals surface area (Å²) >= 11 is 0. The van der Waals surface area contributed by atoms with Crippen molar-refractivity contribution in [3.63, 3.8) is 0 Å². The van der Waals surface area contributed by atoms with Crippen LogP contribution in [0.1, 0.15) is 32.3 Å². The minimum atomic E-state index is 0.231. The van der Waals surface area contributed by atoms with Crippen LogP contribution in [0.4, 0.5) is 0 Å². The Kier molecular flexibility index (Phi) is 5.70. The molecule has 0 saturated carbocycles. The maximum atomic E-state index is 9.93. The molecular formula is C16H26N2O3. The number of benzene rings is 1. The highest BCUT2D eigenvalue weighted by atomic mass is 16.7. The highest BCUT2D eigenvalue weighted by Crippen LogP contribution is 2.37. The number of nitrogens with zero attached hydrogens (tertiary/aromatic N) is 1. The number of rotatable bonds is 8. The summed E-state index contributed by atoms with van der Waals surface area (Å²) in [4.78, 5) is 2.35. The second-order valence-electron chi connectivity index (χ2n) is 5.79. The largest absolute Gasteiger partial charge is 0.507 e. The van der Waals surface area contributed by atoms with E-state index in [0.29, 0.717) is 24.1 Å². The van der Waals surface area contributed by atoms with Crippen molar-refractivity contribution < 1.29 is 14.6 Å². The fraction of sp³-hybridized carbons (Fsp3) is 0.625. The molecule has 0 bridgehead atoms. The van der Waals surface area contributed by atoms with Crippen LogP contribution in [0, 0.1) is 0 Å². The zero-order chi connectivity index (χ0) is 15.2. The molecule has 0 aliphatic carbocycles. The number of unbranched alkanes of at least 4 members (excludes halogenated alkanes) is 1. The molecule has 21 heavy (non-hydrogen) atoms. The van der Waals surface area contributed by atoms with Crippen LogP contribution in [0.25, 0.3) is 0 Å². The van der Waals surface area contributed by atoms with Gasteiger partial charge in [0.15, 0.2) is 11.5 Å². The first-order chi connectivity index (χ1) is 10.1. The summed E-state index contributed by atoms with van der Waals surface area (Å²) < 4.78 is 10.5. The van der Waals surface area contributed by atoms with Crippen LogP contribution in [0.3, 0.4) is 0 Å². The van der Waals surface area contributed by atoms with Gasteiger partial charge in [-0.25, -0.2) is 0 Å². The average Bonchev–Trinajstić information content (AvgIpc) is 2.89. The molecule has 2 rings (SSSR count). The number of ether oxygens (including phenoxy) is 2. The molecule has 2 N–H and O–H groups in total. The Morgan fingerprint density at radius 2 is 1.95 bits per heavy atom. The van der Waals surface area contributed by atoms with Gasteiger partial charge < -0.3 is 24.8 Å². The van der Waals surface area contributed by atoms with Gasteiger partial charge in [-0.3, -0.25) is 0 Å². The zero-order valence-electron chi connectivity index (χ0n) is 13.2. The van der Waals surface area contributed by atoms with E-state index in [1.165, 1.54) is 6.42 Å². The lowest BCUT2D eigenvalue weighted by Gasteiger charge is -2.20. The van der Waals surface area contributed by atoms with E-state index in [1.807, 2.05) is 6.07 Å². The summed E-state index contributed by atoms with van der Waals surface area (Å²) in [6.45, 7) is 7.35. The van der Waals surface area contributed by atoms with E-state index in [2.05, 4.69) is 31.1 Å². The highest BCUT2D eigenvalue weighted by Gasteiger charge is 2.16. The Morgan fingerprint density at radius 1 is 1.24 bits per heavy atom. The van der Waals surface area contributed by atoms with Gasteiger partial charge in [-0.15, -0.1) is 0 Å². The number of phenolic OH excluding ortho intramolecular Hbond substituents is 1. The van der Waals surface area contributed by atoms with Gasteiger partial charge in [0.1, 0.15) is 5.75 Å². The molecule has 1 aromatic carbocycles. The molecule has 0 atom stereocenters.